The average Bonchev–Trinajstić information content (AvgIpc) is 2.68. The van der Waals surface area contributed by atoms with Crippen molar-refractivity contribution >= 4 is 34.6 Å². The number of carbonyl (C=O) groups is 2. The standard InChI is InChI=1S/C23H28N4O3S/c1-13-3-4-18-17(5-13)20(29)27(2)22(24-18)31-12-19(28)25-21(30)26-23-9-14-6-15(10-23)8-16(7-14)11-23/h3-5,14-16H,6-12H2,1-2H3,(H2,25,26,28,30). The molecule has 1 aromatic heterocycles. The molecule has 8 heteroatoms. The first kappa shape index (κ1) is 20.5. The van der Waals surface area contributed by atoms with Crippen LogP contribution in [0.1, 0.15) is 44.1 Å². The minimum absolute atomic E-state index is 0.0198. The second kappa shape index (κ2) is 7.65. The fourth-order valence-corrected chi connectivity index (χ4v) is 7.09. The Kier molecular flexibility index (Phi) is 5.07. The molecule has 2 N–H and O–H groups in total. The minimum atomic E-state index is -0.400. The monoisotopic (exact) mass is 440 g/mol. The maximum absolute atomic E-state index is 12.6. The molecular formula is C23H28N4O3S. The molecule has 7 nitrogen and oxygen atoms in total. The van der Waals surface area contributed by atoms with E-state index in [9.17, 15) is 14.4 Å². The van der Waals surface area contributed by atoms with Crippen LogP contribution in [-0.4, -0.2) is 32.8 Å². The Balaban J connectivity index is 1.21. The molecule has 4 aliphatic rings. The number of fused-ring (bicyclic) bond motifs is 1. The van der Waals surface area contributed by atoms with Crippen molar-refractivity contribution in [2.75, 3.05) is 5.75 Å². The van der Waals surface area contributed by atoms with Crippen LogP contribution in [0.4, 0.5) is 4.79 Å². The van der Waals surface area contributed by atoms with E-state index in [2.05, 4.69) is 15.6 Å². The van der Waals surface area contributed by atoms with Crippen LogP contribution >= 0.6 is 11.8 Å². The third-order valence-corrected chi connectivity index (χ3v) is 8.22. The van der Waals surface area contributed by atoms with Crippen molar-refractivity contribution in [3.05, 3.63) is 34.1 Å². The van der Waals surface area contributed by atoms with Gasteiger partial charge in [-0.2, -0.15) is 0 Å². The van der Waals surface area contributed by atoms with E-state index in [-0.39, 0.29) is 22.8 Å². The van der Waals surface area contributed by atoms with Gasteiger partial charge in [0.2, 0.25) is 5.91 Å². The topological polar surface area (TPSA) is 93.1 Å². The van der Waals surface area contributed by atoms with Gasteiger partial charge in [0.05, 0.1) is 16.7 Å². The Hall–Kier alpha value is -2.35. The number of hydrogen-bond donors (Lipinski definition) is 2. The molecule has 0 unspecified atom stereocenters. The lowest BCUT2D eigenvalue weighted by Crippen LogP contribution is -2.61. The first-order valence-corrected chi connectivity index (χ1v) is 12.0. The van der Waals surface area contributed by atoms with Crippen molar-refractivity contribution < 1.29 is 9.59 Å². The number of nitrogens with zero attached hydrogens (tertiary/aromatic N) is 2. The molecule has 0 atom stereocenters. The molecule has 0 spiro atoms. The summed E-state index contributed by atoms with van der Waals surface area (Å²) >= 11 is 1.16. The van der Waals surface area contributed by atoms with Crippen LogP contribution in [0, 0.1) is 24.7 Å². The Morgan fingerprint density at radius 1 is 1.16 bits per heavy atom. The first-order valence-electron chi connectivity index (χ1n) is 11.0. The Morgan fingerprint density at radius 2 is 1.81 bits per heavy atom. The molecule has 0 aliphatic heterocycles. The van der Waals surface area contributed by atoms with Crippen molar-refractivity contribution in [2.45, 2.75) is 56.1 Å². The number of thioether (sulfide) groups is 1. The molecule has 164 valence electrons. The molecule has 31 heavy (non-hydrogen) atoms. The Bertz CT molecular complexity index is 1090. The van der Waals surface area contributed by atoms with E-state index in [0.29, 0.717) is 16.1 Å². The summed E-state index contributed by atoms with van der Waals surface area (Å²) in [6, 6.07) is 5.14. The van der Waals surface area contributed by atoms with Gasteiger partial charge in [-0.3, -0.25) is 19.5 Å². The molecule has 3 amide bonds. The SMILES string of the molecule is Cc1ccc2nc(SCC(=O)NC(=O)NC34CC5CC(CC(C5)C3)C4)n(C)c(=O)c2c1. The predicted molar refractivity (Wildman–Crippen MR) is 120 cm³/mol. The number of imide groups is 1. The zero-order chi connectivity index (χ0) is 21.8. The number of carbonyl (C=O) groups excluding carboxylic acids is 2. The smallest absolute Gasteiger partial charge is 0.321 e. The molecule has 4 bridgehead atoms. The first-order chi connectivity index (χ1) is 14.8. The molecule has 4 fully saturated rings. The van der Waals surface area contributed by atoms with Crippen LogP contribution in [-0.2, 0) is 11.8 Å². The highest BCUT2D eigenvalue weighted by molar-refractivity contribution is 7.99. The maximum atomic E-state index is 12.6. The second-order valence-corrected chi connectivity index (χ2v) is 10.7. The number of amides is 3. The van der Waals surface area contributed by atoms with Crippen LogP contribution in [0.3, 0.4) is 0 Å². The lowest BCUT2D eigenvalue weighted by Gasteiger charge is -2.56. The van der Waals surface area contributed by atoms with E-state index < -0.39 is 6.03 Å². The van der Waals surface area contributed by atoms with Crippen molar-refractivity contribution in [3.8, 4) is 0 Å². The summed E-state index contributed by atoms with van der Waals surface area (Å²) in [5, 5.41) is 6.65. The van der Waals surface area contributed by atoms with Gasteiger partial charge < -0.3 is 5.32 Å². The molecule has 6 rings (SSSR count). The Morgan fingerprint density at radius 3 is 2.45 bits per heavy atom. The third kappa shape index (κ3) is 3.97. The van der Waals surface area contributed by atoms with Gasteiger partial charge >= 0.3 is 6.03 Å². The van der Waals surface area contributed by atoms with Crippen molar-refractivity contribution in [1.29, 1.82) is 0 Å². The van der Waals surface area contributed by atoms with Crippen LogP contribution in [0.2, 0.25) is 0 Å². The van der Waals surface area contributed by atoms with Gasteiger partial charge in [0.15, 0.2) is 5.16 Å². The molecule has 4 aliphatic carbocycles. The van der Waals surface area contributed by atoms with Crippen molar-refractivity contribution in [3.63, 3.8) is 0 Å². The average molecular weight is 441 g/mol. The van der Waals surface area contributed by atoms with E-state index >= 15 is 0 Å². The normalized spacial score (nSPS) is 28.6. The molecular weight excluding hydrogens is 412 g/mol. The van der Waals surface area contributed by atoms with Crippen molar-refractivity contribution in [2.24, 2.45) is 24.8 Å². The van der Waals surface area contributed by atoms with Crippen LogP contribution in [0.15, 0.2) is 28.2 Å². The number of benzene rings is 1. The number of rotatable bonds is 4. The van der Waals surface area contributed by atoms with E-state index in [0.717, 1.165) is 54.3 Å². The minimum Gasteiger partial charge on any atom is -0.332 e. The Labute approximate surface area is 185 Å². The quantitative estimate of drug-likeness (QED) is 0.563. The fourth-order valence-electron chi connectivity index (χ4n) is 6.32. The van der Waals surface area contributed by atoms with Gasteiger partial charge in [0.25, 0.3) is 5.56 Å². The predicted octanol–water partition coefficient (Wildman–Crippen LogP) is 3.13. The van der Waals surface area contributed by atoms with Crippen LogP contribution in [0.25, 0.3) is 10.9 Å². The van der Waals surface area contributed by atoms with E-state index in [1.807, 2.05) is 25.1 Å². The van der Waals surface area contributed by atoms with E-state index in [1.54, 1.807) is 7.05 Å². The van der Waals surface area contributed by atoms with Crippen LogP contribution in [0.5, 0.6) is 0 Å². The number of aromatic nitrogens is 2. The zero-order valence-corrected chi connectivity index (χ0v) is 18.8. The van der Waals surface area contributed by atoms with E-state index in [4.69, 9.17) is 0 Å². The third-order valence-electron chi connectivity index (χ3n) is 7.19. The number of nitrogens with one attached hydrogen (secondary N) is 2. The maximum Gasteiger partial charge on any atom is 0.321 e. The molecule has 4 saturated carbocycles. The highest BCUT2D eigenvalue weighted by Gasteiger charge is 2.51. The summed E-state index contributed by atoms with van der Waals surface area (Å²) in [4.78, 5) is 42.1. The fraction of sp³-hybridized carbons (Fsp3) is 0.565. The highest BCUT2D eigenvalue weighted by atomic mass is 32.2. The lowest BCUT2D eigenvalue weighted by molar-refractivity contribution is -0.117. The van der Waals surface area contributed by atoms with Crippen molar-refractivity contribution in [1.82, 2.24) is 20.2 Å². The lowest BCUT2D eigenvalue weighted by atomic mass is 9.53. The van der Waals surface area contributed by atoms with Gasteiger partial charge in [-0.05, 0) is 75.3 Å². The van der Waals surface area contributed by atoms with Gasteiger partial charge in [-0.25, -0.2) is 9.78 Å². The summed E-state index contributed by atoms with van der Waals surface area (Å²) in [7, 11) is 1.65. The summed E-state index contributed by atoms with van der Waals surface area (Å²) in [5.41, 5.74) is 1.33. The molecule has 2 aromatic rings. The summed E-state index contributed by atoms with van der Waals surface area (Å²) in [6.45, 7) is 1.93. The zero-order valence-electron chi connectivity index (χ0n) is 17.9. The van der Waals surface area contributed by atoms with E-state index in [1.165, 1.54) is 23.8 Å². The molecule has 0 radical (unpaired) electrons. The largest absolute Gasteiger partial charge is 0.332 e. The molecule has 0 saturated heterocycles. The number of aryl methyl sites for hydroxylation is 1. The van der Waals surface area contributed by atoms with Gasteiger partial charge in [-0.1, -0.05) is 23.4 Å². The summed E-state index contributed by atoms with van der Waals surface area (Å²) in [6.07, 6.45) is 7.02. The summed E-state index contributed by atoms with van der Waals surface area (Å²) < 4.78 is 1.45. The second-order valence-electron chi connectivity index (χ2n) is 9.77. The van der Waals surface area contributed by atoms with Gasteiger partial charge in [-0.15, -0.1) is 0 Å². The molecule has 1 heterocycles. The summed E-state index contributed by atoms with van der Waals surface area (Å²) in [5.74, 6) is 1.81. The van der Waals surface area contributed by atoms with Gasteiger partial charge in [0.1, 0.15) is 0 Å². The number of urea groups is 1. The van der Waals surface area contributed by atoms with Gasteiger partial charge in [0, 0.05) is 12.6 Å². The number of hydrogen-bond acceptors (Lipinski definition) is 5. The highest BCUT2D eigenvalue weighted by Crippen LogP contribution is 2.55. The molecule has 1 aromatic carbocycles. The van der Waals surface area contributed by atoms with Crippen LogP contribution < -0.4 is 16.2 Å².